The zero-order valence-electron chi connectivity index (χ0n) is 13.6. The monoisotopic (exact) mass is 305 g/mol. The van der Waals surface area contributed by atoms with E-state index in [4.69, 9.17) is 9.47 Å². The van der Waals surface area contributed by atoms with Gasteiger partial charge < -0.3 is 14.8 Å². The minimum Gasteiger partial charge on any atom is -0.380 e. The summed E-state index contributed by atoms with van der Waals surface area (Å²) < 4.78 is 11.0. The summed E-state index contributed by atoms with van der Waals surface area (Å²) in [6.45, 7) is 3.91. The molecule has 1 N–H and O–H groups in total. The Hall–Kier alpha value is -1.39. The van der Waals surface area contributed by atoms with E-state index in [0.29, 0.717) is 37.3 Å². The molecule has 1 aromatic rings. The molecule has 1 amide bonds. The summed E-state index contributed by atoms with van der Waals surface area (Å²) in [6, 6.07) is 7.51. The Kier molecular flexibility index (Phi) is 6.87. The molecular weight excluding hydrogens is 278 g/mol. The van der Waals surface area contributed by atoms with E-state index in [1.807, 2.05) is 24.3 Å². The first-order valence-corrected chi connectivity index (χ1v) is 8.18. The van der Waals surface area contributed by atoms with Gasteiger partial charge in [-0.1, -0.05) is 31.9 Å². The van der Waals surface area contributed by atoms with Crippen LogP contribution < -0.4 is 5.32 Å². The minimum absolute atomic E-state index is 0.0572. The summed E-state index contributed by atoms with van der Waals surface area (Å²) in [5.74, 6) is 0.577. The first-order chi connectivity index (χ1) is 10.7. The highest BCUT2D eigenvalue weighted by Gasteiger charge is 2.21. The van der Waals surface area contributed by atoms with Crippen molar-refractivity contribution in [1.82, 2.24) is 5.32 Å². The van der Waals surface area contributed by atoms with Gasteiger partial charge >= 0.3 is 0 Å². The molecule has 4 nitrogen and oxygen atoms in total. The van der Waals surface area contributed by atoms with Crippen molar-refractivity contribution < 1.29 is 14.3 Å². The van der Waals surface area contributed by atoms with Crippen LogP contribution in [-0.2, 0) is 16.1 Å². The molecule has 1 aliphatic carbocycles. The molecule has 4 heteroatoms. The van der Waals surface area contributed by atoms with Gasteiger partial charge in [-0.2, -0.15) is 0 Å². The Morgan fingerprint density at radius 2 is 2.14 bits per heavy atom. The Bertz CT molecular complexity index is 475. The van der Waals surface area contributed by atoms with Gasteiger partial charge in [-0.05, 0) is 36.5 Å². The highest BCUT2D eigenvalue weighted by atomic mass is 16.5. The van der Waals surface area contributed by atoms with Crippen molar-refractivity contribution in [2.75, 3.05) is 20.3 Å². The third kappa shape index (κ3) is 5.11. The average molecular weight is 305 g/mol. The third-order valence-corrected chi connectivity index (χ3v) is 4.25. The number of carbonyl (C=O) groups excluding carboxylic acids is 1. The molecule has 2 rings (SSSR count). The van der Waals surface area contributed by atoms with E-state index in [9.17, 15) is 4.79 Å². The zero-order chi connectivity index (χ0) is 15.8. The molecule has 0 heterocycles. The number of benzene rings is 1. The number of hydrogen-bond donors (Lipinski definition) is 1. The van der Waals surface area contributed by atoms with Gasteiger partial charge in [0.2, 0.25) is 0 Å². The quantitative estimate of drug-likeness (QED) is 0.787. The maximum atomic E-state index is 12.1. The summed E-state index contributed by atoms with van der Waals surface area (Å²) in [4.78, 5) is 12.1. The maximum absolute atomic E-state index is 12.1. The number of hydrogen-bond acceptors (Lipinski definition) is 3. The molecule has 1 aromatic carbocycles. The summed E-state index contributed by atoms with van der Waals surface area (Å²) in [5.41, 5.74) is 1.67. The van der Waals surface area contributed by atoms with Crippen LogP contribution in [0.25, 0.3) is 0 Å². The van der Waals surface area contributed by atoms with Gasteiger partial charge in [-0.15, -0.1) is 0 Å². The van der Waals surface area contributed by atoms with Crippen molar-refractivity contribution in [2.45, 2.75) is 45.3 Å². The van der Waals surface area contributed by atoms with Crippen LogP contribution in [0.1, 0.15) is 48.5 Å². The lowest BCUT2D eigenvalue weighted by Gasteiger charge is -2.28. The van der Waals surface area contributed by atoms with Gasteiger partial charge in [0.1, 0.15) is 0 Å². The second-order valence-corrected chi connectivity index (χ2v) is 6.06. The van der Waals surface area contributed by atoms with Gasteiger partial charge in [0, 0.05) is 19.2 Å². The number of carbonyl (C=O) groups is 1. The Morgan fingerprint density at radius 3 is 2.91 bits per heavy atom. The topological polar surface area (TPSA) is 47.6 Å². The first-order valence-electron chi connectivity index (χ1n) is 8.18. The average Bonchev–Trinajstić information content (AvgIpc) is 2.53. The number of nitrogens with one attached hydrogen (secondary N) is 1. The van der Waals surface area contributed by atoms with Crippen LogP contribution >= 0.6 is 0 Å². The van der Waals surface area contributed by atoms with Crippen molar-refractivity contribution in [3.8, 4) is 0 Å². The molecule has 0 aliphatic heterocycles. The number of amides is 1. The summed E-state index contributed by atoms with van der Waals surface area (Å²) in [6.07, 6.45) is 5.33. The molecule has 0 aromatic heterocycles. The van der Waals surface area contributed by atoms with E-state index in [2.05, 4.69) is 12.2 Å². The Morgan fingerprint density at radius 1 is 1.32 bits per heavy atom. The third-order valence-electron chi connectivity index (χ3n) is 4.25. The van der Waals surface area contributed by atoms with Crippen molar-refractivity contribution >= 4 is 5.91 Å². The first kappa shape index (κ1) is 17.0. The second kappa shape index (κ2) is 8.91. The highest BCUT2D eigenvalue weighted by molar-refractivity contribution is 5.94. The van der Waals surface area contributed by atoms with Crippen LogP contribution in [0.5, 0.6) is 0 Å². The largest absolute Gasteiger partial charge is 0.380 e. The molecule has 2 atom stereocenters. The van der Waals surface area contributed by atoms with Crippen LogP contribution in [0.2, 0.25) is 0 Å². The lowest BCUT2D eigenvalue weighted by molar-refractivity contribution is -0.00293. The van der Waals surface area contributed by atoms with E-state index < -0.39 is 0 Å². The van der Waals surface area contributed by atoms with E-state index in [0.717, 1.165) is 12.0 Å². The van der Waals surface area contributed by atoms with E-state index in [1.54, 1.807) is 7.11 Å². The Labute approximate surface area is 133 Å². The zero-order valence-corrected chi connectivity index (χ0v) is 13.6. The van der Waals surface area contributed by atoms with E-state index >= 15 is 0 Å². The predicted molar refractivity (Wildman–Crippen MR) is 86.9 cm³/mol. The fourth-order valence-electron chi connectivity index (χ4n) is 2.98. The van der Waals surface area contributed by atoms with Crippen LogP contribution in [0.3, 0.4) is 0 Å². The normalized spacial score (nSPS) is 21.5. The molecule has 1 aliphatic rings. The number of ether oxygens (including phenoxy) is 2. The van der Waals surface area contributed by atoms with Gasteiger partial charge in [0.05, 0.1) is 19.3 Å². The van der Waals surface area contributed by atoms with Gasteiger partial charge in [0.25, 0.3) is 5.91 Å². The maximum Gasteiger partial charge on any atom is 0.251 e. The van der Waals surface area contributed by atoms with Gasteiger partial charge in [0.15, 0.2) is 0 Å². The molecule has 1 saturated carbocycles. The Balaban J connectivity index is 1.72. The molecule has 122 valence electrons. The highest BCUT2D eigenvalue weighted by Crippen LogP contribution is 2.25. The standard InChI is InChI=1S/C18H27NO3/c1-14-6-3-4-9-17(14)22-11-10-19-18(20)16-8-5-7-15(12-16)13-21-2/h5,7-8,12,14,17H,3-4,6,9-11,13H2,1-2H3,(H,19,20)/t14-,17+/m1/s1. The predicted octanol–water partition coefficient (Wildman–Crippen LogP) is 3.16. The molecule has 0 radical (unpaired) electrons. The lowest BCUT2D eigenvalue weighted by Crippen LogP contribution is -2.31. The number of rotatable bonds is 7. The molecule has 0 bridgehead atoms. The second-order valence-electron chi connectivity index (χ2n) is 6.06. The van der Waals surface area contributed by atoms with E-state index in [-0.39, 0.29) is 5.91 Å². The molecule has 1 fully saturated rings. The number of methoxy groups -OCH3 is 1. The van der Waals surface area contributed by atoms with Crippen molar-refractivity contribution in [3.63, 3.8) is 0 Å². The SMILES string of the molecule is COCc1cccc(C(=O)NCCO[C@H]2CCCC[C@H]2C)c1. The minimum atomic E-state index is -0.0572. The van der Waals surface area contributed by atoms with Crippen molar-refractivity contribution in [2.24, 2.45) is 5.92 Å². The molecule has 0 unspecified atom stereocenters. The fraction of sp³-hybridized carbons (Fsp3) is 0.611. The molecule has 22 heavy (non-hydrogen) atoms. The van der Waals surface area contributed by atoms with E-state index in [1.165, 1.54) is 19.3 Å². The summed E-state index contributed by atoms with van der Waals surface area (Å²) >= 11 is 0. The molecule has 0 saturated heterocycles. The molecule has 0 spiro atoms. The fourth-order valence-corrected chi connectivity index (χ4v) is 2.98. The van der Waals surface area contributed by atoms with Crippen LogP contribution in [-0.4, -0.2) is 32.3 Å². The summed E-state index contributed by atoms with van der Waals surface area (Å²) in [5, 5.41) is 2.92. The van der Waals surface area contributed by atoms with Gasteiger partial charge in [-0.3, -0.25) is 4.79 Å². The lowest BCUT2D eigenvalue weighted by atomic mass is 9.88. The molecular formula is C18H27NO3. The van der Waals surface area contributed by atoms with Crippen LogP contribution in [0.4, 0.5) is 0 Å². The van der Waals surface area contributed by atoms with Crippen molar-refractivity contribution in [3.05, 3.63) is 35.4 Å². The van der Waals surface area contributed by atoms with Crippen molar-refractivity contribution in [1.29, 1.82) is 0 Å². The summed E-state index contributed by atoms with van der Waals surface area (Å²) in [7, 11) is 1.65. The van der Waals surface area contributed by atoms with Crippen LogP contribution in [0, 0.1) is 5.92 Å². The smallest absolute Gasteiger partial charge is 0.251 e. The van der Waals surface area contributed by atoms with Crippen LogP contribution in [0.15, 0.2) is 24.3 Å². The van der Waals surface area contributed by atoms with Gasteiger partial charge in [-0.25, -0.2) is 0 Å².